The molecule has 3 aliphatic rings. The van der Waals surface area contributed by atoms with Gasteiger partial charge in [-0.2, -0.15) is 15.1 Å². The molecule has 1 unspecified atom stereocenters. The van der Waals surface area contributed by atoms with E-state index in [1.807, 2.05) is 48.5 Å². The maximum absolute atomic E-state index is 11.2. The average molecular weight is 1280 g/mol. The quantitative estimate of drug-likeness (QED) is 0.101. The highest BCUT2D eigenvalue weighted by Gasteiger charge is 2.46. The van der Waals surface area contributed by atoms with E-state index in [0.717, 1.165) is 145 Å². The SMILES string of the molecule is [2H]C([2H])([2H])c1cc2c3c(c1)N(c1ccc(C(C)(C)C)cc1-c1ccccc1)c1cc(-c4cc(C#N)cc5c4N(c4ccccc4)c4ccccc4C5(C)C)ccc1B3c1ccc(-c3cc(C#N)ccc3C(c3ccccc3)[n+]3ccccc3)cc1N2c1ccc(C(C)(C)C)cc1-c1ccccc1. The lowest BCUT2D eigenvalue weighted by atomic mass is 9.33. The Morgan fingerprint density at radius 1 is 0.414 bits per heavy atom. The molecule has 0 N–H and O–H groups in total. The highest BCUT2D eigenvalue weighted by molar-refractivity contribution is 7.00. The highest BCUT2D eigenvalue weighted by Crippen LogP contribution is 2.57. The van der Waals surface area contributed by atoms with Crippen LogP contribution in [0, 0.1) is 29.5 Å². The van der Waals surface area contributed by atoms with Crippen LogP contribution in [0.25, 0.3) is 44.5 Å². The summed E-state index contributed by atoms with van der Waals surface area (Å²) in [6.07, 6.45) is 4.20. The van der Waals surface area contributed by atoms with Gasteiger partial charge >= 0.3 is 0 Å². The minimum absolute atomic E-state index is 0.189. The zero-order valence-corrected chi connectivity index (χ0v) is 57.1. The van der Waals surface area contributed by atoms with Crippen molar-refractivity contribution in [1.29, 1.82) is 10.5 Å². The Labute approximate surface area is 587 Å². The maximum atomic E-state index is 11.2. The number of anilines is 9. The van der Waals surface area contributed by atoms with Crippen molar-refractivity contribution in [2.75, 3.05) is 14.7 Å². The minimum atomic E-state index is -2.59. The number of fused-ring (bicyclic) bond motifs is 6. The monoisotopic (exact) mass is 1280 g/mol. The van der Waals surface area contributed by atoms with Crippen LogP contribution in [0.2, 0.25) is 0 Å². The lowest BCUT2D eigenvalue weighted by Crippen LogP contribution is -2.61. The van der Waals surface area contributed by atoms with E-state index in [1.54, 1.807) is 0 Å². The lowest BCUT2D eigenvalue weighted by Gasteiger charge is -2.45. The molecule has 476 valence electrons. The van der Waals surface area contributed by atoms with E-state index in [-0.39, 0.29) is 22.4 Å². The number of pyridine rings is 1. The van der Waals surface area contributed by atoms with Gasteiger partial charge in [-0.3, -0.25) is 0 Å². The first-order valence-corrected chi connectivity index (χ1v) is 34.2. The van der Waals surface area contributed by atoms with Crippen LogP contribution in [0.15, 0.2) is 291 Å². The van der Waals surface area contributed by atoms with E-state index in [4.69, 9.17) is 0 Å². The molecule has 0 saturated carbocycles. The summed E-state index contributed by atoms with van der Waals surface area (Å²) in [6, 6.07) is 103. The van der Waals surface area contributed by atoms with Gasteiger partial charge in [-0.15, -0.1) is 0 Å². The molecule has 1 atom stereocenters. The largest absolute Gasteiger partial charge is 0.311 e. The molecule has 4 heterocycles. The van der Waals surface area contributed by atoms with Gasteiger partial charge in [-0.05, 0) is 181 Å². The lowest BCUT2D eigenvalue weighted by molar-refractivity contribution is -0.704. The molecule has 16 rings (SSSR count). The van der Waals surface area contributed by atoms with Gasteiger partial charge < -0.3 is 14.7 Å². The second-order valence-corrected chi connectivity index (χ2v) is 29.2. The molecule has 0 radical (unpaired) electrons. The van der Waals surface area contributed by atoms with Crippen molar-refractivity contribution in [2.24, 2.45) is 0 Å². The number of benzene rings is 12. The van der Waals surface area contributed by atoms with Gasteiger partial charge in [0.25, 0.3) is 6.71 Å². The van der Waals surface area contributed by atoms with Crippen LogP contribution in [-0.4, -0.2) is 6.71 Å². The number of hydrogen-bond acceptors (Lipinski definition) is 5. The molecule has 3 aliphatic heterocycles. The molecule has 0 spiro atoms. The topological polar surface area (TPSA) is 61.2 Å². The summed E-state index contributed by atoms with van der Waals surface area (Å²) in [7, 11) is 0. The van der Waals surface area contributed by atoms with Crippen LogP contribution >= 0.6 is 0 Å². The van der Waals surface area contributed by atoms with Gasteiger partial charge in [0.15, 0.2) is 12.4 Å². The van der Waals surface area contributed by atoms with E-state index in [1.165, 1.54) is 0 Å². The summed E-state index contributed by atoms with van der Waals surface area (Å²) in [4.78, 5) is 7.07. The molecule has 0 saturated heterocycles. The van der Waals surface area contributed by atoms with Crippen LogP contribution in [0.5, 0.6) is 0 Å². The number of aromatic nitrogens is 1. The Hall–Kier alpha value is -11.8. The third kappa shape index (κ3) is 10.6. The second kappa shape index (κ2) is 24.1. The standard InChI is InChI=1S/C92H76BN6/c1-60-49-85-87-86(50-60)99(81-46-41-69(91(5,6)7)57-74(81)64-29-17-11-18-30-64)84-55-67(75-52-62(59-95)53-77-89(75)97(70-33-21-13-22-34-70)82-36-24-23-35-76(82)92(77,8)9)39-44-79(84)93(87)78-43-38-66(54-83(78)98(85)80-45-40-68(90(2,3)4)56-73(80)63-27-15-10-16-28-63)72-51-61(58-94)37-42-71(72)88(65-31-19-12-20-32-65)96-47-25-14-26-48-96/h10-57,88H,1-9H3/q+1/i1D3. The fraction of sp³-hybridized carbons (Fsp3) is 0.141. The number of para-hydroxylation sites is 2. The van der Waals surface area contributed by atoms with Crippen molar-refractivity contribution in [3.8, 4) is 56.6 Å². The van der Waals surface area contributed by atoms with Crippen LogP contribution in [-0.2, 0) is 16.2 Å². The van der Waals surface area contributed by atoms with Gasteiger partial charge in [0.05, 0.1) is 46.0 Å². The maximum Gasteiger partial charge on any atom is 0.252 e. The smallest absolute Gasteiger partial charge is 0.252 e. The molecular formula is C92H76BN6+. The van der Waals surface area contributed by atoms with Crippen molar-refractivity contribution in [1.82, 2.24) is 0 Å². The minimum Gasteiger partial charge on any atom is -0.311 e. The fourth-order valence-electron chi connectivity index (χ4n) is 15.7. The van der Waals surface area contributed by atoms with Gasteiger partial charge in [0.2, 0.25) is 6.04 Å². The Morgan fingerprint density at radius 2 is 0.919 bits per heavy atom. The molecule has 0 fully saturated rings. The number of hydrogen-bond donors (Lipinski definition) is 0. The predicted molar refractivity (Wildman–Crippen MR) is 411 cm³/mol. The normalized spacial score (nSPS) is 14.2. The molecule has 99 heavy (non-hydrogen) atoms. The van der Waals surface area contributed by atoms with E-state index in [0.29, 0.717) is 11.1 Å². The summed E-state index contributed by atoms with van der Waals surface area (Å²) in [6.45, 7) is 14.9. The Morgan fingerprint density at radius 3 is 1.46 bits per heavy atom. The number of nitrogens with zero attached hydrogens (tertiary/aromatic N) is 6. The first kappa shape index (κ1) is 58.6. The van der Waals surface area contributed by atoms with E-state index in [2.05, 4.69) is 330 Å². The molecular weight excluding hydrogens is 1200 g/mol. The third-order valence-corrected chi connectivity index (χ3v) is 20.7. The van der Waals surface area contributed by atoms with Crippen molar-refractivity contribution in [2.45, 2.75) is 84.5 Å². The van der Waals surface area contributed by atoms with Crippen molar-refractivity contribution >= 4 is 74.3 Å². The molecule has 7 heteroatoms. The number of aryl methyl sites for hydroxylation is 1. The Bertz CT molecular complexity index is 5510. The third-order valence-electron chi connectivity index (χ3n) is 20.7. The second-order valence-electron chi connectivity index (χ2n) is 29.2. The Balaban J connectivity index is 1.04. The molecule has 6 nitrogen and oxygen atoms in total. The summed E-state index contributed by atoms with van der Waals surface area (Å²) < 4.78 is 31.3. The molecule has 0 bridgehead atoms. The van der Waals surface area contributed by atoms with Crippen LogP contribution in [0.1, 0.15) is 116 Å². The first-order valence-electron chi connectivity index (χ1n) is 35.7. The van der Waals surface area contributed by atoms with Gasteiger partial charge in [0.1, 0.15) is 0 Å². The van der Waals surface area contributed by atoms with Crippen LogP contribution in [0.4, 0.5) is 51.2 Å². The number of rotatable bonds is 10. The van der Waals surface area contributed by atoms with Crippen molar-refractivity contribution in [3.63, 3.8) is 0 Å². The molecule has 12 aromatic carbocycles. The fourth-order valence-corrected chi connectivity index (χ4v) is 15.7. The van der Waals surface area contributed by atoms with E-state index >= 15 is 0 Å². The van der Waals surface area contributed by atoms with Gasteiger partial charge in [-0.25, -0.2) is 0 Å². The average Bonchev–Trinajstić information content (AvgIpc) is 0.692. The van der Waals surface area contributed by atoms with Crippen molar-refractivity contribution in [3.05, 3.63) is 342 Å². The zero-order valence-electron chi connectivity index (χ0n) is 60.1. The molecule has 13 aromatic rings. The summed E-state index contributed by atoms with van der Waals surface area (Å²) >= 11 is 0. The Kier molecular flexibility index (Phi) is 14.3. The molecule has 0 aliphatic carbocycles. The van der Waals surface area contributed by atoms with Gasteiger partial charge in [0, 0.05) is 77.9 Å². The summed E-state index contributed by atoms with van der Waals surface area (Å²) in [5, 5.41) is 22.1. The number of nitriles is 2. The first-order chi connectivity index (χ1) is 49.2. The molecule has 0 amide bonds. The summed E-state index contributed by atoms with van der Waals surface area (Å²) in [5.41, 5.74) is 25.4. The van der Waals surface area contributed by atoms with Crippen LogP contribution < -0.4 is 35.7 Å². The molecule has 1 aromatic heterocycles. The highest BCUT2D eigenvalue weighted by atomic mass is 15.2. The van der Waals surface area contributed by atoms with E-state index < -0.39 is 19.0 Å². The summed E-state index contributed by atoms with van der Waals surface area (Å²) in [5.74, 6) is 0. The van der Waals surface area contributed by atoms with Crippen molar-refractivity contribution < 1.29 is 8.68 Å². The van der Waals surface area contributed by atoms with Gasteiger partial charge in [-0.1, -0.05) is 231 Å². The van der Waals surface area contributed by atoms with E-state index in [9.17, 15) is 14.6 Å². The van der Waals surface area contributed by atoms with Crippen LogP contribution in [0.3, 0.4) is 0 Å². The zero-order chi connectivity index (χ0) is 70.6. The predicted octanol–water partition coefficient (Wildman–Crippen LogP) is 21.1.